The van der Waals surface area contributed by atoms with Gasteiger partial charge in [-0.1, -0.05) is 31.2 Å². The molecule has 2 aliphatic rings. The number of hydrogen-bond acceptors (Lipinski definition) is 2. The fourth-order valence-corrected chi connectivity index (χ4v) is 4.51. The average molecular weight is 287 g/mol. The lowest BCUT2D eigenvalue weighted by Crippen LogP contribution is -2.45. The zero-order chi connectivity index (χ0) is 14.8. The van der Waals surface area contributed by atoms with Crippen LogP contribution in [-0.4, -0.2) is 35.1 Å². The molecule has 0 spiro atoms. The van der Waals surface area contributed by atoms with Crippen LogP contribution in [0.15, 0.2) is 24.3 Å². The second-order valence-corrected chi connectivity index (χ2v) is 6.63. The molecule has 0 saturated heterocycles. The molecule has 1 N–H and O–H groups in total. The molecule has 2 atom stereocenters. The molecule has 2 bridgehead atoms. The molecule has 0 amide bonds. The van der Waals surface area contributed by atoms with Gasteiger partial charge in [-0.3, -0.25) is 9.69 Å². The number of carbonyl (C=O) groups is 1. The second-order valence-electron chi connectivity index (χ2n) is 6.63. The van der Waals surface area contributed by atoms with Crippen molar-refractivity contribution in [1.29, 1.82) is 0 Å². The molecule has 0 heterocycles. The van der Waals surface area contributed by atoms with Crippen molar-refractivity contribution in [2.45, 2.75) is 45.1 Å². The third kappa shape index (κ3) is 2.98. The van der Waals surface area contributed by atoms with Crippen molar-refractivity contribution in [3.8, 4) is 0 Å². The number of nitrogens with zero attached hydrogens (tertiary/aromatic N) is 1. The summed E-state index contributed by atoms with van der Waals surface area (Å²) in [6.07, 6.45) is 5.78. The van der Waals surface area contributed by atoms with Crippen LogP contribution in [0.5, 0.6) is 0 Å². The van der Waals surface area contributed by atoms with Gasteiger partial charge in [0.1, 0.15) is 0 Å². The molecule has 1 aromatic carbocycles. The van der Waals surface area contributed by atoms with E-state index in [0.717, 1.165) is 25.8 Å². The minimum Gasteiger partial charge on any atom is -0.480 e. The molecular formula is C18H25NO2. The van der Waals surface area contributed by atoms with Gasteiger partial charge in [0.15, 0.2) is 0 Å². The van der Waals surface area contributed by atoms with Crippen LogP contribution in [0, 0.1) is 11.8 Å². The molecule has 114 valence electrons. The van der Waals surface area contributed by atoms with E-state index in [-0.39, 0.29) is 6.54 Å². The van der Waals surface area contributed by atoms with Crippen LogP contribution >= 0.6 is 0 Å². The number of aliphatic carboxylic acids is 1. The minimum absolute atomic E-state index is 0.196. The first kappa shape index (κ1) is 14.6. The van der Waals surface area contributed by atoms with Gasteiger partial charge in [-0.15, -0.1) is 0 Å². The Hall–Kier alpha value is -1.35. The van der Waals surface area contributed by atoms with Crippen molar-refractivity contribution in [1.82, 2.24) is 4.90 Å². The van der Waals surface area contributed by atoms with Gasteiger partial charge in [0.25, 0.3) is 0 Å². The highest BCUT2D eigenvalue weighted by Crippen LogP contribution is 2.42. The maximum atomic E-state index is 11.2. The van der Waals surface area contributed by atoms with Gasteiger partial charge >= 0.3 is 5.97 Å². The third-order valence-corrected chi connectivity index (χ3v) is 5.23. The van der Waals surface area contributed by atoms with Crippen molar-refractivity contribution in [2.24, 2.45) is 11.8 Å². The van der Waals surface area contributed by atoms with Crippen LogP contribution in [0.4, 0.5) is 0 Å². The number of benzene rings is 1. The zero-order valence-corrected chi connectivity index (χ0v) is 12.8. The predicted octanol–water partition coefficient (Wildman–Crippen LogP) is 2.98. The van der Waals surface area contributed by atoms with Crippen molar-refractivity contribution in [2.75, 3.05) is 13.1 Å². The van der Waals surface area contributed by atoms with E-state index >= 15 is 0 Å². The minimum atomic E-state index is -0.690. The Morgan fingerprint density at radius 3 is 2.24 bits per heavy atom. The number of hydrogen-bond donors (Lipinski definition) is 1. The van der Waals surface area contributed by atoms with Crippen LogP contribution in [0.1, 0.15) is 37.3 Å². The standard InChI is InChI=1S/C18H25NO2/c1-2-9-19(12-17(20)21)18-15-7-8-16(18)11-14-6-4-3-5-13(14)10-15/h3-6,15-16,18H,2,7-12H2,1H3,(H,20,21). The summed E-state index contributed by atoms with van der Waals surface area (Å²) in [7, 11) is 0. The maximum absolute atomic E-state index is 11.2. The number of carboxylic acid groups (broad SMARTS) is 1. The Morgan fingerprint density at radius 1 is 1.19 bits per heavy atom. The Balaban J connectivity index is 1.85. The highest BCUT2D eigenvalue weighted by Gasteiger charge is 2.42. The van der Waals surface area contributed by atoms with Gasteiger partial charge < -0.3 is 5.11 Å². The van der Waals surface area contributed by atoms with E-state index in [1.54, 1.807) is 0 Å². The van der Waals surface area contributed by atoms with Gasteiger partial charge in [0.05, 0.1) is 6.54 Å². The lowest BCUT2D eigenvalue weighted by Gasteiger charge is -2.34. The van der Waals surface area contributed by atoms with E-state index in [2.05, 4.69) is 36.1 Å². The van der Waals surface area contributed by atoms with E-state index in [4.69, 9.17) is 0 Å². The summed E-state index contributed by atoms with van der Waals surface area (Å²) < 4.78 is 0. The molecule has 1 fully saturated rings. The first-order valence-electron chi connectivity index (χ1n) is 8.21. The average Bonchev–Trinajstić information content (AvgIpc) is 2.73. The molecule has 0 radical (unpaired) electrons. The second kappa shape index (κ2) is 6.18. The summed E-state index contributed by atoms with van der Waals surface area (Å²) in [6.45, 7) is 3.24. The summed E-state index contributed by atoms with van der Waals surface area (Å²) in [5.41, 5.74) is 2.97. The van der Waals surface area contributed by atoms with Crippen molar-refractivity contribution >= 4 is 5.97 Å². The zero-order valence-electron chi connectivity index (χ0n) is 12.8. The van der Waals surface area contributed by atoms with Gasteiger partial charge in [0, 0.05) is 6.04 Å². The Labute approximate surface area is 127 Å². The number of carboxylic acids is 1. The van der Waals surface area contributed by atoms with E-state index in [9.17, 15) is 9.90 Å². The van der Waals surface area contributed by atoms with Crippen LogP contribution in [-0.2, 0) is 17.6 Å². The largest absolute Gasteiger partial charge is 0.480 e. The molecule has 2 unspecified atom stereocenters. The summed E-state index contributed by atoms with van der Waals surface area (Å²) in [6, 6.07) is 9.23. The van der Waals surface area contributed by atoms with Gasteiger partial charge in [-0.05, 0) is 61.6 Å². The Bertz CT molecular complexity index is 481. The van der Waals surface area contributed by atoms with E-state index < -0.39 is 5.97 Å². The molecule has 21 heavy (non-hydrogen) atoms. The molecule has 3 heteroatoms. The molecule has 3 nitrogen and oxygen atoms in total. The fourth-order valence-electron chi connectivity index (χ4n) is 4.51. The maximum Gasteiger partial charge on any atom is 0.317 e. The van der Waals surface area contributed by atoms with Crippen molar-refractivity contribution in [3.05, 3.63) is 35.4 Å². The van der Waals surface area contributed by atoms with Crippen molar-refractivity contribution in [3.63, 3.8) is 0 Å². The fraction of sp³-hybridized carbons (Fsp3) is 0.611. The van der Waals surface area contributed by atoms with Gasteiger partial charge in [-0.2, -0.15) is 0 Å². The van der Waals surface area contributed by atoms with E-state index in [1.165, 1.54) is 24.0 Å². The van der Waals surface area contributed by atoms with Crippen LogP contribution in [0.25, 0.3) is 0 Å². The summed E-state index contributed by atoms with van der Waals surface area (Å²) >= 11 is 0. The third-order valence-electron chi connectivity index (χ3n) is 5.23. The van der Waals surface area contributed by atoms with Gasteiger partial charge in [-0.25, -0.2) is 0 Å². The highest BCUT2D eigenvalue weighted by atomic mass is 16.4. The summed E-state index contributed by atoms with van der Waals surface area (Å²) in [5, 5.41) is 9.24. The summed E-state index contributed by atoms with van der Waals surface area (Å²) in [4.78, 5) is 13.5. The summed E-state index contributed by atoms with van der Waals surface area (Å²) in [5.74, 6) is 0.568. The molecular weight excluding hydrogens is 262 g/mol. The highest BCUT2D eigenvalue weighted by molar-refractivity contribution is 5.69. The Kier molecular flexibility index (Phi) is 4.29. The first-order chi connectivity index (χ1) is 10.2. The molecule has 1 saturated carbocycles. The normalized spacial score (nSPS) is 27.4. The monoisotopic (exact) mass is 287 g/mol. The SMILES string of the molecule is CCCN(CC(=O)O)C1C2CCC1Cc1ccccc1C2. The smallest absolute Gasteiger partial charge is 0.317 e. The quantitative estimate of drug-likeness (QED) is 0.905. The lowest BCUT2D eigenvalue weighted by molar-refractivity contribution is -0.139. The predicted molar refractivity (Wildman–Crippen MR) is 83.4 cm³/mol. The topological polar surface area (TPSA) is 40.5 Å². The van der Waals surface area contributed by atoms with E-state index in [0.29, 0.717) is 17.9 Å². The van der Waals surface area contributed by atoms with Crippen LogP contribution in [0.2, 0.25) is 0 Å². The van der Waals surface area contributed by atoms with Crippen LogP contribution in [0.3, 0.4) is 0 Å². The molecule has 3 rings (SSSR count). The van der Waals surface area contributed by atoms with Crippen LogP contribution < -0.4 is 0 Å². The lowest BCUT2D eigenvalue weighted by atomic mass is 9.93. The molecule has 0 aliphatic heterocycles. The number of fused-ring (bicyclic) bond motifs is 3. The Morgan fingerprint density at radius 2 is 1.76 bits per heavy atom. The molecule has 1 aromatic rings. The molecule has 0 aromatic heterocycles. The molecule has 2 aliphatic carbocycles. The first-order valence-corrected chi connectivity index (χ1v) is 8.21. The van der Waals surface area contributed by atoms with E-state index in [1.807, 2.05) is 0 Å². The van der Waals surface area contributed by atoms with Crippen molar-refractivity contribution < 1.29 is 9.90 Å². The van der Waals surface area contributed by atoms with Gasteiger partial charge in [0.2, 0.25) is 0 Å². The number of rotatable bonds is 5.